The summed E-state index contributed by atoms with van der Waals surface area (Å²) in [5, 5.41) is 3.07. The van der Waals surface area contributed by atoms with E-state index in [9.17, 15) is 8.78 Å². The monoisotopic (exact) mass is 284 g/mol. The first-order valence-corrected chi connectivity index (χ1v) is 6.75. The number of nitrogens with two attached hydrogens (primary N) is 1. The molecule has 19 heavy (non-hydrogen) atoms. The predicted octanol–water partition coefficient (Wildman–Crippen LogP) is 3.59. The van der Waals surface area contributed by atoms with E-state index in [1.165, 1.54) is 12.1 Å². The number of anilines is 1. The molecule has 1 aromatic carbocycles. The van der Waals surface area contributed by atoms with E-state index in [2.05, 4.69) is 31.4 Å². The molecule has 1 fully saturated rings. The molecule has 1 aliphatic rings. The Morgan fingerprint density at radius 3 is 2.58 bits per heavy atom. The van der Waals surface area contributed by atoms with Gasteiger partial charge in [-0.3, -0.25) is 0 Å². The average Bonchev–Trinajstić information content (AvgIpc) is 2.64. The molecule has 104 valence electrons. The molecule has 5 heteroatoms. The van der Waals surface area contributed by atoms with Crippen molar-refractivity contribution in [2.45, 2.75) is 39.2 Å². The summed E-state index contributed by atoms with van der Waals surface area (Å²) in [6.07, 6.45) is 3.00. The SMILES string of the molecule is CC1(C)CCC(Nc2ccc(C(N)=S)c(F)c2F)C1. The normalized spacial score (nSPS) is 21.4. The van der Waals surface area contributed by atoms with Gasteiger partial charge in [0.05, 0.1) is 5.69 Å². The van der Waals surface area contributed by atoms with Gasteiger partial charge in [0.25, 0.3) is 0 Å². The lowest BCUT2D eigenvalue weighted by atomic mass is 9.92. The summed E-state index contributed by atoms with van der Waals surface area (Å²) in [6.45, 7) is 4.36. The van der Waals surface area contributed by atoms with Crippen molar-refractivity contribution in [1.29, 1.82) is 0 Å². The van der Waals surface area contributed by atoms with Gasteiger partial charge in [-0.1, -0.05) is 26.1 Å². The fourth-order valence-electron chi connectivity index (χ4n) is 2.63. The van der Waals surface area contributed by atoms with Crippen LogP contribution in [0, 0.1) is 17.0 Å². The molecule has 0 amide bonds. The molecule has 1 saturated carbocycles. The van der Waals surface area contributed by atoms with Crippen LogP contribution in [-0.4, -0.2) is 11.0 Å². The van der Waals surface area contributed by atoms with Gasteiger partial charge < -0.3 is 11.1 Å². The minimum Gasteiger partial charge on any atom is -0.389 e. The van der Waals surface area contributed by atoms with E-state index in [-0.39, 0.29) is 27.7 Å². The molecular formula is C14H18F2N2S. The molecule has 0 bridgehead atoms. The van der Waals surface area contributed by atoms with Gasteiger partial charge >= 0.3 is 0 Å². The van der Waals surface area contributed by atoms with Gasteiger partial charge in [0.2, 0.25) is 0 Å². The van der Waals surface area contributed by atoms with Crippen molar-refractivity contribution in [2.75, 3.05) is 5.32 Å². The van der Waals surface area contributed by atoms with Crippen LogP contribution in [0.3, 0.4) is 0 Å². The Bertz CT molecular complexity index is 514. The third-order valence-electron chi connectivity index (χ3n) is 3.68. The van der Waals surface area contributed by atoms with Crippen LogP contribution in [0.5, 0.6) is 0 Å². The second kappa shape index (κ2) is 5.04. The smallest absolute Gasteiger partial charge is 0.182 e. The Labute approximate surface area is 117 Å². The van der Waals surface area contributed by atoms with E-state index in [0.717, 1.165) is 19.3 Å². The Hall–Kier alpha value is -1.23. The van der Waals surface area contributed by atoms with Crippen molar-refractivity contribution in [3.63, 3.8) is 0 Å². The second-order valence-electron chi connectivity index (χ2n) is 5.90. The molecule has 2 nitrogen and oxygen atoms in total. The molecule has 0 heterocycles. The second-order valence-corrected chi connectivity index (χ2v) is 6.34. The molecule has 2 rings (SSSR count). The fraction of sp³-hybridized carbons (Fsp3) is 0.500. The largest absolute Gasteiger partial charge is 0.389 e. The first-order chi connectivity index (χ1) is 8.80. The maximum absolute atomic E-state index is 13.9. The maximum atomic E-state index is 13.9. The zero-order chi connectivity index (χ0) is 14.2. The molecular weight excluding hydrogens is 266 g/mol. The Morgan fingerprint density at radius 1 is 1.37 bits per heavy atom. The van der Waals surface area contributed by atoms with E-state index in [4.69, 9.17) is 5.73 Å². The van der Waals surface area contributed by atoms with Crippen molar-refractivity contribution < 1.29 is 8.78 Å². The first kappa shape index (κ1) is 14.2. The Balaban J connectivity index is 2.18. The van der Waals surface area contributed by atoms with Gasteiger partial charge in [-0.15, -0.1) is 0 Å². The van der Waals surface area contributed by atoms with Gasteiger partial charge in [-0.05, 0) is 36.8 Å². The van der Waals surface area contributed by atoms with Crippen molar-refractivity contribution in [1.82, 2.24) is 0 Å². The number of hydrogen-bond donors (Lipinski definition) is 2. The summed E-state index contributed by atoms with van der Waals surface area (Å²) >= 11 is 4.68. The van der Waals surface area contributed by atoms with Crippen LogP contribution < -0.4 is 11.1 Å². The van der Waals surface area contributed by atoms with Crippen molar-refractivity contribution in [2.24, 2.45) is 11.1 Å². The molecule has 1 aromatic rings. The van der Waals surface area contributed by atoms with E-state index in [1.54, 1.807) is 0 Å². The number of thiocarbonyl (C=S) groups is 1. The summed E-state index contributed by atoms with van der Waals surface area (Å²) in [4.78, 5) is -0.134. The van der Waals surface area contributed by atoms with Gasteiger partial charge in [0.1, 0.15) is 4.99 Å². The molecule has 0 aliphatic heterocycles. The minimum atomic E-state index is -0.977. The Kier molecular flexibility index (Phi) is 3.76. The highest BCUT2D eigenvalue weighted by Crippen LogP contribution is 2.38. The average molecular weight is 284 g/mol. The molecule has 1 atom stereocenters. The summed E-state index contributed by atoms with van der Waals surface area (Å²) < 4.78 is 27.7. The van der Waals surface area contributed by atoms with Crippen LogP contribution in [0.4, 0.5) is 14.5 Å². The highest BCUT2D eigenvalue weighted by atomic mass is 32.1. The molecule has 1 aliphatic carbocycles. The van der Waals surface area contributed by atoms with Crippen LogP contribution in [0.25, 0.3) is 0 Å². The standard InChI is InChI=1S/C14H18F2N2S/c1-14(2)6-5-8(7-14)18-10-4-3-9(13(17)19)11(15)12(10)16/h3-4,8,18H,5-7H2,1-2H3,(H2,17,19). The number of nitrogens with one attached hydrogen (secondary N) is 1. The van der Waals surface area contributed by atoms with Crippen molar-refractivity contribution >= 4 is 22.9 Å². The first-order valence-electron chi connectivity index (χ1n) is 6.34. The zero-order valence-corrected chi connectivity index (χ0v) is 11.9. The quantitative estimate of drug-likeness (QED) is 0.833. The van der Waals surface area contributed by atoms with Crippen LogP contribution in [-0.2, 0) is 0 Å². The van der Waals surface area contributed by atoms with Crippen molar-refractivity contribution in [3.8, 4) is 0 Å². The summed E-state index contributed by atoms with van der Waals surface area (Å²) in [5.41, 5.74) is 5.72. The van der Waals surface area contributed by atoms with Gasteiger partial charge in [0, 0.05) is 11.6 Å². The fourth-order valence-corrected chi connectivity index (χ4v) is 2.79. The van der Waals surface area contributed by atoms with E-state index < -0.39 is 11.6 Å². The predicted molar refractivity (Wildman–Crippen MR) is 77.3 cm³/mol. The minimum absolute atomic E-state index is 0.0511. The summed E-state index contributed by atoms with van der Waals surface area (Å²) in [6, 6.07) is 3.10. The molecule has 0 aromatic heterocycles. The number of benzene rings is 1. The lowest BCUT2D eigenvalue weighted by Gasteiger charge is -2.19. The molecule has 1 unspecified atom stereocenters. The lowest BCUT2D eigenvalue weighted by molar-refractivity contribution is 0.378. The maximum Gasteiger partial charge on any atom is 0.182 e. The van der Waals surface area contributed by atoms with E-state index >= 15 is 0 Å². The van der Waals surface area contributed by atoms with E-state index in [0.29, 0.717) is 0 Å². The summed E-state index contributed by atoms with van der Waals surface area (Å²) in [7, 11) is 0. The number of halogens is 2. The van der Waals surface area contributed by atoms with Crippen LogP contribution in [0.1, 0.15) is 38.7 Å². The highest BCUT2D eigenvalue weighted by Gasteiger charge is 2.31. The number of rotatable bonds is 3. The highest BCUT2D eigenvalue weighted by molar-refractivity contribution is 7.80. The van der Waals surface area contributed by atoms with Crippen molar-refractivity contribution in [3.05, 3.63) is 29.3 Å². The van der Waals surface area contributed by atoms with E-state index in [1.807, 2.05) is 0 Å². The van der Waals surface area contributed by atoms with Crippen LogP contribution >= 0.6 is 12.2 Å². The summed E-state index contributed by atoms with van der Waals surface area (Å²) in [5.74, 6) is -1.88. The molecule has 0 radical (unpaired) electrons. The lowest BCUT2D eigenvalue weighted by Crippen LogP contribution is -2.20. The molecule has 0 saturated heterocycles. The van der Waals surface area contributed by atoms with Gasteiger partial charge in [-0.2, -0.15) is 0 Å². The number of hydrogen-bond acceptors (Lipinski definition) is 2. The third-order valence-corrected chi connectivity index (χ3v) is 3.90. The Morgan fingerprint density at radius 2 is 2.05 bits per heavy atom. The molecule has 3 N–H and O–H groups in total. The van der Waals surface area contributed by atoms with Gasteiger partial charge in [0.15, 0.2) is 11.6 Å². The van der Waals surface area contributed by atoms with Crippen LogP contribution in [0.2, 0.25) is 0 Å². The third kappa shape index (κ3) is 3.03. The molecule has 0 spiro atoms. The van der Waals surface area contributed by atoms with Gasteiger partial charge in [-0.25, -0.2) is 8.78 Å². The topological polar surface area (TPSA) is 38.0 Å². The zero-order valence-electron chi connectivity index (χ0n) is 11.1. The van der Waals surface area contributed by atoms with Crippen LogP contribution in [0.15, 0.2) is 12.1 Å².